The summed E-state index contributed by atoms with van der Waals surface area (Å²) in [6, 6.07) is 15.5. The van der Waals surface area contributed by atoms with Crippen LogP contribution in [0.1, 0.15) is 54.0 Å². The van der Waals surface area contributed by atoms with E-state index in [1.54, 1.807) is 12.1 Å². The van der Waals surface area contributed by atoms with E-state index >= 15 is 0 Å². The first-order valence-electron chi connectivity index (χ1n) is 15.4. The first-order valence-corrected chi connectivity index (χ1v) is 15.4. The Bertz CT molecular complexity index is 1640. The summed E-state index contributed by atoms with van der Waals surface area (Å²) >= 11 is 0. The van der Waals surface area contributed by atoms with Crippen LogP contribution in [0.15, 0.2) is 66.2 Å². The van der Waals surface area contributed by atoms with E-state index in [0.717, 1.165) is 46.7 Å². The normalized spacial score (nSPS) is 16.1. The summed E-state index contributed by atoms with van der Waals surface area (Å²) in [6.07, 6.45) is -2.35. The fraction of sp³-hybridized carbons (Fsp3) is 0.371. The Hall–Kier alpha value is -4.32. The van der Waals surface area contributed by atoms with Crippen molar-refractivity contribution in [2.24, 2.45) is 0 Å². The topological polar surface area (TPSA) is 67.9 Å². The molecule has 1 aliphatic heterocycles. The largest absolute Gasteiger partial charge is 0.488 e. The van der Waals surface area contributed by atoms with E-state index < -0.39 is 47.3 Å². The second-order valence-electron chi connectivity index (χ2n) is 11.7. The smallest absolute Gasteiger partial charge is 0.471 e. The Kier molecular flexibility index (Phi) is 10.6. The molecule has 3 aromatic rings. The Balaban J connectivity index is 1.32. The van der Waals surface area contributed by atoms with Crippen molar-refractivity contribution in [2.75, 3.05) is 26.2 Å². The molecule has 1 aliphatic carbocycles. The SMILES string of the molecule is Cc1ccccc1C(CNC(=O)C(F)(F)F)N1CCC(c2ccc(CCCOc3c(F)ccc(F)c3F)cc2)=C(C(=O)OC2CC2)C1. The van der Waals surface area contributed by atoms with Crippen LogP contribution >= 0.6 is 0 Å². The highest BCUT2D eigenvalue weighted by atomic mass is 19.4. The fourth-order valence-electron chi connectivity index (χ4n) is 5.61. The van der Waals surface area contributed by atoms with E-state index in [1.807, 2.05) is 53.5 Å². The molecule has 1 fully saturated rings. The van der Waals surface area contributed by atoms with Gasteiger partial charge in [0.15, 0.2) is 17.4 Å². The minimum absolute atomic E-state index is 0.0390. The molecule has 47 heavy (non-hydrogen) atoms. The van der Waals surface area contributed by atoms with Gasteiger partial charge in [-0.25, -0.2) is 13.6 Å². The van der Waals surface area contributed by atoms with Gasteiger partial charge in [0.2, 0.25) is 5.82 Å². The number of nitrogens with zero attached hydrogens (tertiary/aromatic N) is 1. The Morgan fingerprint density at radius 3 is 2.36 bits per heavy atom. The maximum absolute atomic E-state index is 13.8. The number of carbonyl (C=O) groups is 2. The molecule has 0 saturated heterocycles. The van der Waals surface area contributed by atoms with E-state index in [1.165, 1.54) is 0 Å². The Labute approximate surface area is 268 Å². The lowest BCUT2D eigenvalue weighted by molar-refractivity contribution is -0.173. The molecule has 3 aromatic carbocycles. The van der Waals surface area contributed by atoms with Crippen LogP contribution in [-0.4, -0.2) is 55.3 Å². The molecule has 0 aromatic heterocycles. The van der Waals surface area contributed by atoms with Gasteiger partial charge < -0.3 is 14.8 Å². The molecule has 1 N–H and O–H groups in total. The standard InChI is InChI=1S/C35H34F6N2O4/c1-21-5-2-3-7-25(21)30(19-42-34(45)35(39,40)41)43-17-16-26(27(20-43)33(44)47-24-12-13-24)23-10-8-22(9-11-23)6-4-18-46-32-29(37)15-14-28(36)31(32)38/h2-3,5,7-11,14-15,24,30H,4,6,12-13,16-20H2,1H3,(H,42,45). The molecule has 0 radical (unpaired) electrons. The van der Waals surface area contributed by atoms with Crippen molar-refractivity contribution in [3.05, 3.63) is 106 Å². The van der Waals surface area contributed by atoms with Gasteiger partial charge in [0.25, 0.3) is 0 Å². The average Bonchev–Trinajstić information content (AvgIpc) is 3.87. The van der Waals surface area contributed by atoms with Crippen molar-refractivity contribution in [3.63, 3.8) is 0 Å². The number of amides is 1. The predicted octanol–water partition coefficient (Wildman–Crippen LogP) is 7.01. The first kappa shape index (κ1) is 34.0. The number of alkyl halides is 3. The van der Waals surface area contributed by atoms with Gasteiger partial charge in [-0.3, -0.25) is 9.69 Å². The lowest BCUT2D eigenvalue weighted by atomic mass is 9.90. The zero-order valence-corrected chi connectivity index (χ0v) is 25.6. The summed E-state index contributed by atoms with van der Waals surface area (Å²) in [7, 11) is 0. The van der Waals surface area contributed by atoms with E-state index in [9.17, 15) is 35.9 Å². The maximum Gasteiger partial charge on any atom is 0.471 e. The number of hydrogen-bond donors (Lipinski definition) is 1. The van der Waals surface area contributed by atoms with Gasteiger partial charge in [-0.1, -0.05) is 48.5 Å². The molecule has 2 aliphatic rings. The molecule has 1 saturated carbocycles. The molecule has 1 atom stereocenters. The Morgan fingerprint density at radius 1 is 0.979 bits per heavy atom. The lowest BCUT2D eigenvalue weighted by Crippen LogP contribution is -2.45. The van der Waals surface area contributed by atoms with Gasteiger partial charge in [0.05, 0.1) is 18.2 Å². The fourth-order valence-corrected chi connectivity index (χ4v) is 5.61. The van der Waals surface area contributed by atoms with E-state index in [-0.39, 0.29) is 25.8 Å². The van der Waals surface area contributed by atoms with Gasteiger partial charge in [0, 0.05) is 19.6 Å². The lowest BCUT2D eigenvalue weighted by Gasteiger charge is -2.37. The zero-order chi connectivity index (χ0) is 33.7. The highest BCUT2D eigenvalue weighted by Gasteiger charge is 2.40. The highest BCUT2D eigenvalue weighted by Crippen LogP contribution is 2.35. The number of rotatable bonds is 12. The number of nitrogens with one attached hydrogen (secondary N) is 1. The number of halogens is 6. The highest BCUT2D eigenvalue weighted by molar-refractivity contribution is 5.98. The third-order valence-corrected chi connectivity index (χ3v) is 8.28. The number of ether oxygens (including phenoxy) is 2. The quantitative estimate of drug-likeness (QED) is 0.0981. The van der Waals surface area contributed by atoms with Gasteiger partial charge in [0.1, 0.15) is 6.10 Å². The molecule has 12 heteroatoms. The minimum Gasteiger partial charge on any atom is -0.488 e. The Morgan fingerprint density at radius 2 is 1.68 bits per heavy atom. The molecule has 1 unspecified atom stereocenters. The van der Waals surface area contributed by atoms with Crippen molar-refractivity contribution in [3.8, 4) is 5.75 Å². The predicted molar refractivity (Wildman–Crippen MR) is 162 cm³/mol. The summed E-state index contributed by atoms with van der Waals surface area (Å²) in [5.41, 5.74) is 4.44. The molecular weight excluding hydrogens is 626 g/mol. The molecule has 250 valence electrons. The van der Waals surface area contributed by atoms with Crippen LogP contribution in [-0.2, 0) is 20.7 Å². The van der Waals surface area contributed by atoms with Crippen molar-refractivity contribution in [1.82, 2.24) is 10.2 Å². The van der Waals surface area contributed by atoms with Crippen LogP contribution in [0.25, 0.3) is 5.57 Å². The van der Waals surface area contributed by atoms with E-state index in [2.05, 4.69) is 0 Å². The van der Waals surface area contributed by atoms with Crippen LogP contribution in [0.4, 0.5) is 26.3 Å². The third kappa shape index (κ3) is 8.54. The van der Waals surface area contributed by atoms with Crippen molar-refractivity contribution < 1.29 is 45.4 Å². The van der Waals surface area contributed by atoms with E-state index in [4.69, 9.17) is 9.47 Å². The van der Waals surface area contributed by atoms with Gasteiger partial charge in [-0.2, -0.15) is 17.6 Å². The number of hydrogen-bond acceptors (Lipinski definition) is 5. The number of benzene rings is 3. The van der Waals surface area contributed by atoms with Crippen LogP contribution in [0.3, 0.4) is 0 Å². The third-order valence-electron chi connectivity index (χ3n) is 8.28. The number of aryl methyl sites for hydroxylation is 2. The number of esters is 1. The van der Waals surface area contributed by atoms with Gasteiger partial charge >= 0.3 is 18.1 Å². The monoisotopic (exact) mass is 660 g/mol. The van der Waals surface area contributed by atoms with Crippen LogP contribution in [0.5, 0.6) is 5.75 Å². The summed E-state index contributed by atoms with van der Waals surface area (Å²) in [5, 5.41) is 2.02. The van der Waals surface area contributed by atoms with Gasteiger partial charge in [-0.05, 0) is 79.0 Å². The summed E-state index contributed by atoms with van der Waals surface area (Å²) < 4.78 is 91.0. The summed E-state index contributed by atoms with van der Waals surface area (Å²) in [5.74, 6) is -6.82. The van der Waals surface area contributed by atoms with Crippen LogP contribution in [0.2, 0.25) is 0 Å². The molecule has 0 bridgehead atoms. The zero-order valence-electron chi connectivity index (χ0n) is 25.6. The first-order chi connectivity index (χ1) is 22.4. The van der Waals surface area contributed by atoms with Gasteiger partial charge in [-0.15, -0.1) is 0 Å². The van der Waals surface area contributed by atoms with E-state index in [0.29, 0.717) is 37.4 Å². The molecular formula is C35H34F6N2O4. The average molecular weight is 661 g/mol. The van der Waals surface area contributed by atoms with Crippen molar-refractivity contribution in [1.29, 1.82) is 0 Å². The molecule has 6 nitrogen and oxygen atoms in total. The molecule has 1 heterocycles. The molecule has 5 rings (SSSR count). The van der Waals surface area contributed by atoms with Crippen LogP contribution < -0.4 is 10.1 Å². The molecule has 0 spiro atoms. The van der Waals surface area contributed by atoms with Crippen molar-refractivity contribution in [2.45, 2.75) is 57.3 Å². The maximum atomic E-state index is 13.8. The second kappa shape index (κ2) is 14.6. The number of carbonyl (C=O) groups excluding carboxylic acids is 2. The van der Waals surface area contributed by atoms with Crippen molar-refractivity contribution >= 4 is 17.4 Å². The minimum atomic E-state index is -5.03. The summed E-state index contributed by atoms with van der Waals surface area (Å²) in [6.45, 7) is 2.01. The summed E-state index contributed by atoms with van der Waals surface area (Å²) in [4.78, 5) is 27.0. The van der Waals surface area contributed by atoms with Crippen LogP contribution in [0, 0.1) is 24.4 Å². The molecule has 1 amide bonds. The second-order valence-corrected chi connectivity index (χ2v) is 11.7.